The Morgan fingerprint density at radius 3 is 2.85 bits per heavy atom. The van der Waals surface area contributed by atoms with Crippen molar-refractivity contribution in [3.8, 4) is 5.75 Å². The fourth-order valence-electron chi connectivity index (χ4n) is 6.10. The summed E-state index contributed by atoms with van der Waals surface area (Å²) < 4.78 is 38.5. The number of aliphatic hydroxyl groups is 1. The third-order valence-electron chi connectivity index (χ3n) is 8.13. The number of aliphatic hydroxyl groups excluding tert-OH is 1. The third kappa shape index (κ3) is 5.78. The van der Waals surface area contributed by atoms with E-state index in [1.165, 1.54) is 18.9 Å². The van der Waals surface area contributed by atoms with Crippen molar-refractivity contribution in [2.75, 3.05) is 44.8 Å². The highest BCUT2D eigenvalue weighted by molar-refractivity contribution is 6.33. The highest BCUT2D eigenvalue weighted by atomic mass is 35.5. The summed E-state index contributed by atoms with van der Waals surface area (Å²) in [6, 6.07) is 4.95. The molecule has 4 heterocycles. The second-order valence-corrected chi connectivity index (χ2v) is 11.4. The average molecular weight is 575 g/mol. The van der Waals surface area contributed by atoms with Gasteiger partial charge in [0.05, 0.1) is 24.3 Å². The van der Waals surface area contributed by atoms with Crippen molar-refractivity contribution in [2.45, 2.75) is 70.0 Å². The number of ether oxygens (including phenoxy) is 4. The Bertz CT molecular complexity index is 1270. The van der Waals surface area contributed by atoms with E-state index in [2.05, 4.69) is 20.2 Å². The number of hydrogen-bond donors (Lipinski definition) is 2. The van der Waals surface area contributed by atoms with Crippen LogP contribution < -0.4 is 10.1 Å². The Labute approximate surface area is 238 Å². The maximum atomic E-state index is 15.3. The number of likely N-dealkylation sites (tertiary alicyclic amines) is 1. The topological polar surface area (TPSA) is 97.7 Å². The summed E-state index contributed by atoms with van der Waals surface area (Å²) in [5.41, 5.74) is 2.35. The number of fused-ring (bicyclic) bond motifs is 2. The lowest BCUT2D eigenvalue weighted by Crippen LogP contribution is -2.33. The van der Waals surface area contributed by atoms with Gasteiger partial charge >= 0.3 is 0 Å². The molecule has 0 radical (unpaired) electrons. The van der Waals surface area contributed by atoms with Crippen LogP contribution in [0.1, 0.15) is 48.9 Å². The highest BCUT2D eigenvalue weighted by Gasteiger charge is 2.48. The van der Waals surface area contributed by atoms with Crippen molar-refractivity contribution in [3.63, 3.8) is 0 Å². The molecule has 11 heteroatoms. The first-order chi connectivity index (χ1) is 19.4. The first kappa shape index (κ1) is 27.7. The van der Waals surface area contributed by atoms with Gasteiger partial charge in [-0.25, -0.2) is 9.37 Å². The maximum Gasteiger partial charge on any atom is 0.187 e. The molecule has 6 rings (SSSR count). The summed E-state index contributed by atoms with van der Waals surface area (Å²) in [5.74, 6) is 1.58. The van der Waals surface area contributed by atoms with Gasteiger partial charge in [-0.1, -0.05) is 11.6 Å². The SMILES string of the molecule is CC(=Nc1nc(NC2CCc3cc(OCCN4CCCC4)cc(F)c32)c(Cl)cc1C)OC1CO[C@@H]2C(O)CO[C@H]12. The number of rotatable bonds is 8. The van der Waals surface area contributed by atoms with Crippen molar-refractivity contribution < 1.29 is 28.4 Å². The summed E-state index contributed by atoms with van der Waals surface area (Å²) in [6.07, 6.45) is 2.21. The van der Waals surface area contributed by atoms with Gasteiger partial charge in [0.15, 0.2) is 17.8 Å². The Morgan fingerprint density at radius 1 is 1.23 bits per heavy atom. The molecule has 5 atom stereocenters. The van der Waals surface area contributed by atoms with Crippen molar-refractivity contribution >= 4 is 29.1 Å². The van der Waals surface area contributed by atoms with Crippen molar-refractivity contribution in [1.29, 1.82) is 0 Å². The Balaban J connectivity index is 1.13. The maximum absolute atomic E-state index is 15.3. The van der Waals surface area contributed by atoms with E-state index in [-0.39, 0.29) is 36.8 Å². The molecule has 3 fully saturated rings. The Morgan fingerprint density at radius 2 is 2.02 bits per heavy atom. The molecule has 3 saturated heterocycles. The molecule has 0 saturated carbocycles. The van der Waals surface area contributed by atoms with E-state index < -0.39 is 6.10 Å². The van der Waals surface area contributed by atoms with Gasteiger partial charge < -0.3 is 29.4 Å². The number of nitrogens with zero attached hydrogens (tertiary/aromatic N) is 3. The van der Waals surface area contributed by atoms with Crippen LogP contribution in [0.15, 0.2) is 23.2 Å². The van der Waals surface area contributed by atoms with E-state index >= 15 is 4.39 Å². The van der Waals surface area contributed by atoms with Crippen LogP contribution in [0.5, 0.6) is 5.75 Å². The standard InChI is InChI=1S/C29H36ClFN4O5/c1-16-11-20(30)29(34-28(16)32-17(2)40-24-15-39-26-23(36)14-38-27(24)26)33-22-6-5-18-12-19(13-21(31)25(18)22)37-10-9-35-7-3-4-8-35/h11-13,22-24,26-27,36H,3-10,14-15H2,1-2H3,(H,33,34)/t22?,23?,24?,26-,27-/m1/s1. The van der Waals surface area contributed by atoms with Crippen LogP contribution in [0, 0.1) is 12.7 Å². The minimum absolute atomic E-state index is 0.232. The molecule has 1 aliphatic carbocycles. The van der Waals surface area contributed by atoms with E-state index in [0.717, 1.165) is 37.2 Å². The number of nitrogens with one attached hydrogen (secondary N) is 1. The number of anilines is 1. The molecular formula is C29H36ClFN4O5. The van der Waals surface area contributed by atoms with Crippen LogP contribution in [-0.2, 0) is 20.6 Å². The quantitative estimate of drug-likeness (QED) is 0.355. The van der Waals surface area contributed by atoms with Crippen LogP contribution in [-0.4, -0.2) is 84.8 Å². The van der Waals surface area contributed by atoms with E-state index in [1.54, 1.807) is 13.0 Å². The van der Waals surface area contributed by atoms with E-state index in [4.69, 9.17) is 30.5 Å². The molecule has 1 aromatic carbocycles. The lowest BCUT2D eigenvalue weighted by molar-refractivity contribution is 0.00580. The number of hydrogen-bond acceptors (Lipinski definition) is 9. The second kappa shape index (κ2) is 11.8. The zero-order valence-electron chi connectivity index (χ0n) is 22.9. The molecule has 2 N–H and O–H groups in total. The number of halogens is 2. The van der Waals surface area contributed by atoms with Crippen LogP contribution in [0.2, 0.25) is 5.02 Å². The molecule has 40 heavy (non-hydrogen) atoms. The number of benzene rings is 1. The zero-order valence-corrected chi connectivity index (χ0v) is 23.6. The van der Waals surface area contributed by atoms with E-state index in [1.807, 2.05) is 13.0 Å². The van der Waals surface area contributed by atoms with Crippen LogP contribution in [0.25, 0.3) is 0 Å². The van der Waals surface area contributed by atoms with Gasteiger partial charge in [0, 0.05) is 25.1 Å². The largest absolute Gasteiger partial charge is 0.492 e. The van der Waals surface area contributed by atoms with Crippen LogP contribution >= 0.6 is 11.6 Å². The average Bonchev–Trinajstić information content (AvgIpc) is 3.71. The van der Waals surface area contributed by atoms with Gasteiger partial charge in [0.1, 0.15) is 42.3 Å². The van der Waals surface area contributed by atoms with Crippen LogP contribution in [0.3, 0.4) is 0 Å². The molecule has 216 valence electrons. The van der Waals surface area contributed by atoms with Crippen molar-refractivity contribution in [3.05, 3.63) is 45.7 Å². The first-order valence-electron chi connectivity index (χ1n) is 14.1. The third-order valence-corrected chi connectivity index (χ3v) is 8.42. The fraction of sp³-hybridized carbons (Fsp3) is 0.586. The molecule has 0 spiro atoms. The molecule has 2 aromatic rings. The summed E-state index contributed by atoms with van der Waals surface area (Å²) in [4.78, 5) is 11.6. The fourth-order valence-corrected chi connectivity index (χ4v) is 6.36. The molecule has 4 aliphatic rings. The summed E-state index contributed by atoms with van der Waals surface area (Å²) in [5, 5.41) is 13.7. The Hall–Kier alpha value is -2.50. The van der Waals surface area contributed by atoms with Gasteiger partial charge in [-0.2, -0.15) is 4.99 Å². The number of pyridine rings is 1. The minimum atomic E-state index is -0.644. The lowest BCUT2D eigenvalue weighted by Gasteiger charge is -2.19. The smallest absolute Gasteiger partial charge is 0.187 e. The second-order valence-electron chi connectivity index (χ2n) is 11.0. The predicted molar refractivity (Wildman–Crippen MR) is 149 cm³/mol. The highest BCUT2D eigenvalue weighted by Crippen LogP contribution is 2.39. The van der Waals surface area contributed by atoms with E-state index in [0.29, 0.717) is 53.5 Å². The molecule has 9 nitrogen and oxygen atoms in total. The van der Waals surface area contributed by atoms with Crippen molar-refractivity contribution in [1.82, 2.24) is 9.88 Å². The molecular weight excluding hydrogens is 539 g/mol. The van der Waals surface area contributed by atoms with Gasteiger partial charge in [-0.15, -0.1) is 0 Å². The first-order valence-corrected chi connectivity index (χ1v) is 14.5. The number of aliphatic imine (C=N–C) groups is 1. The van der Waals surface area contributed by atoms with Gasteiger partial charge in [-0.05, 0) is 69.0 Å². The monoisotopic (exact) mass is 574 g/mol. The number of aromatic nitrogens is 1. The Kier molecular flexibility index (Phi) is 8.14. The molecule has 3 aliphatic heterocycles. The predicted octanol–water partition coefficient (Wildman–Crippen LogP) is 4.35. The van der Waals surface area contributed by atoms with Gasteiger partial charge in [0.2, 0.25) is 0 Å². The minimum Gasteiger partial charge on any atom is -0.492 e. The summed E-state index contributed by atoms with van der Waals surface area (Å²) in [7, 11) is 0. The molecule has 1 aromatic heterocycles. The summed E-state index contributed by atoms with van der Waals surface area (Å²) >= 11 is 6.55. The normalized spacial score (nSPS) is 28.1. The van der Waals surface area contributed by atoms with E-state index in [9.17, 15) is 5.11 Å². The summed E-state index contributed by atoms with van der Waals surface area (Å²) in [6.45, 7) is 7.81. The molecule has 0 amide bonds. The van der Waals surface area contributed by atoms with Gasteiger partial charge in [-0.3, -0.25) is 4.90 Å². The molecule has 3 unspecified atom stereocenters. The van der Waals surface area contributed by atoms with Crippen LogP contribution in [0.4, 0.5) is 16.0 Å². The van der Waals surface area contributed by atoms with Gasteiger partial charge in [0.25, 0.3) is 0 Å². The molecule has 0 bridgehead atoms. The zero-order chi connectivity index (χ0) is 27.8. The lowest BCUT2D eigenvalue weighted by atomic mass is 10.1. The number of aryl methyl sites for hydroxylation is 2. The van der Waals surface area contributed by atoms with Crippen molar-refractivity contribution in [2.24, 2.45) is 4.99 Å².